The van der Waals surface area contributed by atoms with Crippen molar-refractivity contribution in [3.8, 4) is 0 Å². The number of halogens is 2. The van der Waals surface area contributed by atoms with Crippen molar-refractivity contribution in [1.82, 2.24) is 5.32 Å². The summed E-state index contributed by atoms with van der Waals surface area (Å²) in [6.07, 6.45) is 0. The van der Waals surface area contributed by atoms with Crippen molar-refractivity contribution in [2.75, 3.05) is 7.05 Å². The van der Waals surface area contributed by atoms with E-state index in [1.54, 1.807) is 7.05 Å². The fraction of sp³-hybridized carbons (Fsp3) is 0.455. The molecule has 1 aromatic rings. The average molecular weight is 199 g/mol. The second kappa shape index (κ2) is 4.51. The molecule has 1 rings (SSSR count). The highest BCUT2D eigenvalue weighted by Gasteiger charge is 2.19. The van der Waals surface area contributed by atoms with Gasteiger partial charge in [-0.15, -0.1) is 0 Å². The summed E-state index contributed by atoms with van der Waals surface area (Å²) in [5.74, 6) is -1.12. The van der Waals surface area contributed by atoms with Crippen molar-refractivity contribution in [1.29, 1.82) is 0 Å². The number of likely N-dealkylation sites (N-methyl/N-ethyl adjacent to an activating group) is 1. The van der Waals surface area contributed by atoms with Crippen LogP contribution in [0.1, 0.15) is 25.3 Å². The summed E-state index contributed by atoms with van der Waals surface area (Å²) >= 11 is 0. The van der Waals surface area contributed by atoms with E-state index in [9.17, 15) is 8.78 Å². The molecule has 0 spiro atoms. The van der Waals surface area contributed by atoms with Gasteiger partial charge in [0.05, 0.1) is 0 Å². The second-order valence-electron chi connectivity index (χ2n) is 3.50. The van der Waals surface area contributed by atoms with E-state index in [1.807, 2.05) is 13.8 Å². The van der Waals surface area contributed by atoms with Crippen LogP contribution in [0, 0.1) is 11.6 Å². The van der Waals surface area contributed by atoms with E-state index in [2.05, 4.69) is 5.32 Å². The van der Waals surface area contributed by atoms with Crippen molar-refractivity contribution in [2.45, 2.75) is 25.8 Å². The number of rotatable bonds is 3. The van der Waals surface area contributed by atoms with E-state index < -0.39 is 11.6 Å². The van der Waals surface area contributed by atoms with Gasteiger partial charge in [-0.05, 0) is 26.1 Å². The van der Waals surface area contributed by atoms with Crippen molar-refractivity contribution in [2.24, 2.45) is 0 Å². The predicted molar refractivity (Wildman–Crippen MR) is 53.3 cm³/mol. The third-order valence-corrected chi connectivity index (χ3v) is 2.66. The largest absolute Gasteiger partial charge is 0.317 e. The SMILES string of the molecule is CNC(C)C(C)c1c(F)cccc1F. The van der Waals surface area contributed by atoms with Crippen molar-refractivity contribution < 1.29 is 8.78 Å². The van der Waals surface area contributed by atoms with Crippen molar-refractivity contribution in [3.05, 3.63) is 35.4 Å². The third-order valence-electron chi connectivity index (χ3n) is 2.66. The lowest BCUT2D eigenvalue weighted by molar-refractivity contribution is 0.468. The molecule has 0 aliphatic rings. The van der Waals surface area contributed by atoms with Gasteiger partial charge in [-0.25, -0.2) is 8.78 Å². The molecule has 0 aliphatic heterocycles. The Balaban J connectivity index is 3.05. The van der Waals surface area contributed by atoms with Gasteiger partial charge in [-0.2, -0.15) is 0 Å². The van der Waals surface area contributed by atoms with Crippen LogP contribution >= 0.6 is 0 Å². The standard InChI is InChI=1S/C11H15F2N/c1-7(8(2)14-3)11-9(12)5-4-6-10(11)13/h4-8,14H,1-3H3. The highest BCUT2D eigenvalue weighted by atomic mass is 19.1. The minimum Gasteiger partial charge on any atom is -0.317 e. The first-order valence-corrected chi connectivity index (χ1v) is 4.69. The maximum atomic E-state index is 13.3. The van der Waals surface area contributed by atoms with Gasteiger partial charge >= 0.3 is 0 Å². The maximum absolute atomic E-state index is 13.3. The first-order valence-electron chi connectivity index (χ1n) is 4.69. The van der Waals surface area contributed by atoms with Gasteiger partial charge in [-0.3, -0.25) is 0 Å². The molecule has 0 aromatic heterocycles. The van der Waals surface area contributed by atoms with E-state index in [4.69, 9.17) is 0 Å². The lowest BCUT2D eigenvalue weighted by Gasteiger charge is -2.20. The van der Waals surface area contributed by atoms with E-state index >= 15 is 0 Å². The summed E-state index contributed by atoms with van der Waals surface area (Å²) in [4.78, 5) is 0. The van der Waals surface area contributed by atoms with Crippen LogP contribution in [-0.4, -0.2) is 13.1 Å². The number of benzene rings is 1. The Hall–Kier alpha value is -0.960. The zero-order valence-electron chi connectivity index (χ0n) is 8.64. The Labute approximate surface area is 83.1 Å². The number of hydrogen-bond donors (Lipinski definition) is 1. The molecular weight excluding hydrogens is 184 g/mol. The smallest absolute Gasteiger partial charge is 0.129 e. The zero-order chi connectivity index (χ0) is 10.7. The van der Waals surface area contributed by atoms with E-state index in [1.165, 1.54) is 18.2 Å². The van der Waals surface area contributed by atoms with Crippen LogP contribution in [0.4, 0.5) is 8.78 Å². The Morgan fingerprint density at radius 2 is 1.64 bits per heavy atom. The van der Waals surface area contributed by atoms with Gasteiger partial charge in [0.25, 0.3) is 0 Å². The Morgan fingerprint density at radius 3 is 2.07 bits per heavy atom. The summed E-state index contributed by atoms with van der Waals surface area (Å²) in [5.41, 5.74) is 0.161. The number of nitrogens with one attached hydrogen (secondary N) is 1. The van der Waals surface area contributed by atoms with Crippen LogP contribution in [0.3, 0.4) is 0 Å². The third kappa shape index (κ3) is 2.10. The molecule has 1 nitrogen and oxygen atoms in total. The molecule has 1 N–H and O–H groups in total. The summed E-state index contributed by atoms with van der Waals surface area (Å²) in [7, 11) is 1.78. The molecule has 1 aromatic carbocycles. The van der Waals surface area contributed by atoms with Crippen molar-refractivity contribution >= 4 is 0 Å². The van der Waals surface area contributed by atoms with Crippen molar-refractivity contribution in [3.63, 3.8) is 0 Å². The molecule has 2 unspecified atom stereocenters. The maximum Gasteiger partial charge on any atom is 0.129 e. The molecule has 78 valence electrons. The fourth-order valence-corrected chi connectivity index (χ4v) is 1.45. The predicted octanol–water partition coefficient (Wildman–Crippen LogP) is 2.68. The zero-order valence-corrected chi connectivity index (χ0v) is 8.64. The molecule has 0 heterocycles. The first kappa shape index (κ1) is 11.1. The van der Waals surface area contributed by atoms with Gasteiger partial charge in [0.1, 0.15) is 11.6 Å². The molecule has 0 saturated heterocycles. The van der Waals surface area contributed by atoms with Gasteiger partial charge in [0.15, 0.2) is 0 Å². The Kier molecular flexibility index (Phi) is 3.58. The number of hydrogen-bond acceptors (Lipinski definition) is 1. The van der Waals surface area contributed by atoms with E-state index in [0.29, 0.717) is 0 Å². The molecule has 2 atom stereocenters. The van der Waals surface area contributed by atoms with Gasteiger partial charge in [0.2, 0.25) is 0 Å². The topological polar surface area (TPSA) is 12.0 Å². The second-order valence-corrected chi connectivity index (χ2v) is 3.50. The molecule has 0 bridgehead atoms. The van der Waals surface area contributed by atoms with Crippen LogP contribution in [0.15, 0.2) is 18.2 Å². The molecule has 14 heavy (non-hydrogen) atoms. The molecule has 3 heteroatoms. The van der Waals surface area contributed by atoms with E-state index in [0.717, 1.165) is 0 Å². The molecular formula is C11H15F2N. The van der Waals surface area contributed by atoms with Gasteiger partial charge in [-0.1, -0.05) is 13.0 Å². The molecule has 0 aliphatic carbocycles. The van der Waals surface area contributed by atoms with Crippen LogP contribution in [0.5, 0.6) is 0 Å². The highest BCUT2D eigenvalue weighted by Crippen LogP contribution is 2.24. The lowest BCUT2D eigenvalue weighted by atomic mass is 9.93. The van der Waals surface area contributed by atoms with Crippen LogP contribution < -0.4 is 5.32 Å². The summed E-state index contributed by atoms with van der Waals surface area (Å²) in [6.45, 7) is 3.71. The normalized spacial score (nSPS) is 15.2. The van der Waals surface area contributed by atoms with E-state index in [-0.39, 0.29) is 17.5 Å². The van der Waals surface area contributed by atoms with Crippen LogP contribution in [0.25, 0.3) is 0 Å². The molecule has 0 radical (unpaired) electrons. The highest BCUT2D eigenvalue weighted by molar-refractivity contribution is 5.24. The van der Waals surface area contributed by atoms with Crippen LogP contribution in [0.2, 0.25) is 0 Å². The average Bonchev–Trinajstić information content (AvgIpc) is 2.16. The minimum atomic E-state index is -0.473. The monoisotopic (exact) mass is 199 g/mol. The Morgan fingerprint density at radius 1 is 1.14 bits per heavy atom. The summed E-state index contributed by atoms with van der Waals surface area (Å²) in [5, 5.41) is 2.98. The summed E-state index contributed by atoms with van der Waals surface area (Å²) < 4.78 is 26.7. The first-order chi connectivity index (χ1) is 6.57. The lowest BCUT2D eigenvalue weighted by Crippen LogP contribution is -2.28. The van der Waals surface area contributed by atoms with Gasteiger partial charge < -0.3 is 5.32 Å². The van der Waals surface area contributed by atoms with Gasteiger partial charge in [0, 0.05) is 17.5 Å². The fourth-order valence-electron chi connectivity index (χ4n) is 1.45. The molecule has 0 fully saturated rings. The Bertz CT molecular complexity index is 292. The molecule has 0 saturated carbocycles. The molecule has 0 amide bonds. The minimum absolute atomic E-state index is 0.0430. The quantitative estimate of drug-likeness (QED) is 0.789. The van der Waals surface area contributed by atoms with Crippen LogP contribution in [-0.2, 0) is 0 Å². The summed E-state index contributed by atoms with van der Waals surface area (Å²) in [6, 6.07) is 4.00.